The molecule has 3 heterocycles. The van der Waals surface area contributed by atoms with Gasteiger partial charge in [-0.05, 0) is 46.0 Å². The van der Waals surface area contributed by atoms with Gasteiger partial charge in [-0.25, -0.2) is 4.79 Å². The van der Waals surface area contributed by atoms with E-state index in [1.54, 1.807) is 20.8 Å². The number of aliphatic carboxylic acids is 1. The van der Waals surface area contributed by atoms with Crippen LogP contribution in [0.1, 0.15) is 40.0 Å². The van der Waals surface area contributed by atoms with E-state index in [-0.39, 0.29) is 19.1 Å². The lowest BCUT2D eigenvalue weighted by Crippen LogP contribution is -2.76. The highest BCUT2D eigenvalue weighted by Gasteiger charge is 2.69. The van der Waals surface area contributed by atoms with Crippen LogP contribution in [0.4, 0.5) is 4.79 Å². The van der Waals surface area contributed by atoms with Crippen LogP contribution in [0, 0.1) is 11.3 Å². The summed E-state index contributed by atoms with van der Waals surface area (Å²) in [7, 11) is 0. The molecule has 4 rings (SSSR count). The third-order valence-corrected chi connectivity index (χ3v) is 5.38. The Morgan fingerprint density at radius 3 is 2.35 bits per heavy atom. The molecule has 1 saturated carbocycles. The first kappa shape index (κ1) is 16.5. The minimum absolute atomic E-state index is 0.00464. The van der Waals surface area contributed by atoms with E-state index in [9.17, 15) is 19.8 Å². The Kier molecular flexibility index (Phi) is 3.65. The Labute approximate surface area is 135 Å². The fraction of sp³-hybridized carbons (Fsp3) is 0.875. The van der Waals surface area contributed by atoms with Gasteiger partial charge in [-0.2, -0.15) is 0 Å². The third-order valence-electron chi connectivity index (χ3n) is 5.38. The number of fused-ring (bicyclic) bond motifs is 3. The van der Waals surface area contributed by atoms with Gasteiger partial charge in [0.1, 0.15) is 16.6 Å². The van der Waals surface area contributed by atoms with Gasteiger partial charge < -0.3 is 24.6 Å². The van der Waals surface area contributed by atoms with Crippen LogP contribution in [-0.4, -0.2) is 64.2 Å². The molecule has 3 atom stereocenters. The molecular weight excluding hydrogens is 302 g/mol. The number of hydrogen-bond acceptors (Lipinski definition) is 5. The summed E-state index contributed by atoms with van der Waals surface area (Å²) in [6, 6.07) is -0.561. The Morgan fingerprint density at radius 1 is 1.26 bits per heavy atom. The molecule has 0 spiro atoms. The van der Waals surface area contributed by atoms with E-state index in [2.05, 4.69) is 0 Å². The largest absolute Gasteiger partial charge is 0.481 e. The predicted molar refractivity (Wildman–Crippen MR) is 79.9 cm³/mol. The van der Waals surface area contributed by atoms with Crippen molar-refractivity contribution in [3.63, 3.8) is 0 Å². The summed E-state index contributed by atoms with van der Waals surface area (Å²) in [5.41, 5.74) is -3.43. The number of carboxylic acids is 1. The first-order valence-corrected chi connectivity index (χ1v) is 8.12. The monoisotopic (exact) mass is 327 g/mol. The van der Waals surface area contributed by atoms with Crippen LogP contribution in [0.3, 0.4) is 0 Å². The number of aliphatic hydroxyl groups is 1. The number of rotatable bonds is 2. The molecule has 1 amide bonds. The van der Waals surface area contributed by atoms with Crippen LogP contribution in [-0.2, 0) is 14.3 Å². The summed E-state index contributed by atoms with van der Waals surface area (Å²) in [6.45, 7) is 5.85. The van der Waals surface area contributed by atoms with Crippen molar-refractivity contribution in [2.45, 2.75) is 57.3 Å². The van der Waals surface area contributed by atoms with Gasteiger partial charge >= 0.3 is 12.1 Å². The summed E-state index contributed by atoms with van der Waals surface area (Å²) < 4.78 is 10.6. The zero-order chi connectivity index (χ0) is 17.0. The lowest BCUT2D eigenvalue weighted by Gasteiger charge is -2.61. The molecule has 130 valence electrons. The minimum Gasteiger partial charge on any atom is -0.481 e. The summed E-state index contributed by atoms with van der Waals surface area (Å²) in [5, 5.41) is 20.8. The van der Waals surface area contributed by atoms with Gasteiger partial charge in [0.15, 0.2) is 0 Å². The van der Waals surface area contributed by atoms with E-state index in [0.717, 1.165) is 6.42 Å². The minimum atomic E-state index is -1.41. The molecule has 0 radical (unpaired) electrons. The van der Waals surface area contributed by atoms with Gasteiger partial charge in [-0.3, -0.25) is 4.79 Å². The first-order chi connectivity index (χ1) is 10.6. The van der Waals surface area contributed by atoms with E-state index >= 15 is 0 Å². The number of nitrogens with zero attached hydrogens (tertiary/aromatic N) is 1. The molecule has 23 heavy (non-hydrogen) atoms. The molecule has 2 N–H and O–H groups in total. The van der Waals surface area contributed by atoms with Crippen LogP contribution in [0.25, 0.3) is 0 Å². The van der Waals surface area contributed by atoms with Crippen LogP contribution in [0.2, 0.25) is 0 Å². The van der Waals surface area contributed by atoms with Crippen molar-refractivity contribution in [3.8, 4) is 0 Å². The number of amides is 1. The Balaban J connectivity index is 1.94. The van der Waals surface area contributed by atoms with Gasteiger partial charge in [0.2, 0.25) is 0 Å². The molecule has 0 aromatic carbocycles. The van der Waals surface area contributed by atoms with Crippen LogP contribution in [0.5, 0.6) is 0 Å². The standard InChI is InChI=1S/C16H25NO6/c1-14(2,3)23-13(20)17-7-10-4-5-11(17)16(6-10,12(18)19)15(21)8-22-9-15/h10-11,21H,4-9H2,1-3H3,(H,18,19). The molecule has 3 unspecified atom stereocenters. The highest BCUT2D eigenvalue weighted by molar-refractivity contribution is 5.80. The van der Waals surface area contributed by atoms with E-state index in [0.29, 0.717) is 19.4 Å². The molecule has 1 aliphatic carbocycles. The van der Waals surface area contributed by atoms with Crippen LogP contribution < -0.4 is 0 Å². The molecule has 3 saturated heterocycles. The maximum absolute atomic E-state index is 12.5. The first-order valence-electron chi connectivity index (χ1n) is 8.12. The Bertz CT molecular complexity index is 523. The van der Waals surface area contributed by atoms with Gasteiger partial charge in [0.25, 0.3) is 0 Å². The normalized spacial score (nSPS) is 35.6. The van der Waals surface area contributed by atoms with E-state index in [1.807, 2.05) is 0 Å². The molecule has 7 nitrogen and oxygen atoms in total. The summed E-state index contributed by atoms with van der Waals surface area (Å²) in [6.07, 6.45) is 1.32. The van der Waals surface area contributed by atoms with E-state index in [1.165, 1.54) is 4.90 Å². The van der Waals surface area contributed by atoms with Crippen LogP contribution >= 0.6 is 0 Å². The average Bonchev–Trinajstić information content (AvgIpc) is 2.42. The van der Waals surface area contributed by atoms with Gasteiger partial charge in [0.05, 0.1) is 19.3 Å². The van der Waals surface area contributed by atoms with Crippen molar-refractivity contribution in [3.05, 3.63) is 0 Å². The lowest BCUT2D eigenvalue weighted by atomic mass is 9.54. The van der Waals surface area contributed by atoms with Crippen molar-refractivity contribution >= 4 is 12.1 Å². The number of carboxylic acid groups (broad SMARTS) is 1. The quantitative estimate of drug-likeness (QED) is 0.792. The van der Waals surface area contributed by atoms with Crippen molar-refractivity contribution in [1.82, 2.24) is 4.90 Å². The average molecular weight is 327 g/mol. The fourth-order valence-electron chi connectivity index (χ4n) is 4.32. The zero-order valence-electron chi connectivity index (χ0n) is 13.9. The number of ether oxygens (including phenoxy) is 2. The Morgan fingerprint density at radius 2 is 1.91 bits per heavy atom. The van der Waals surface area contributed by atoms with Crippen molar-refractivity contribution in [1.29, 1.82) is 0 Å². The molecule has 3 aliphatic heterocycles. The molecule has 0 aromatic rings. The van der Waals surface area contributed by atoms with E-state index < -0.39 is 34.7 Å². The van der Waals surface area contributed by atoms with Crippen LogP contribution in [0.15, 0.2) is 0 Å². The number of carbonyl (C=O) groups excluding carboxylic acids is 1. The summed E-state index contributed by atoms with van der Waals surface area (Å²) in [4.78, 5) is 26.2. The highest BCUT2D eigenvalue weighted by Crippen LogP contribution is 2.55. The van der Waals surface area contributed by atoms with Crippen molar-refractivity contribution < 1.29 is 29.3 Å². The zero-order valence-corrected chi connectivity index (χ0v) is 13.9. The molecule has 0 aromatic heterocycles. The van der Waals surface area contributed by atoms with Gasteiger partial charge in [-0.1, -0.05) is 0 Å². The second-order valence-electron chi connectivity index (χ2n) is 8.10. The highest BCUT2D eigenvalue weighted by atomic mass is 16.6. The SMILES string of the molecule is CC(C)(C)OC(=O)N1CC2CCC1C(C(=O)O)(C1(O)COC1)C2. The molecule has 4 fully saturated rings. The summed E-state index contributed by atoms with van der Waals surface area (Å²) >= 11 is 0. The molecule has 2 bridgehead atoms. The topological polar surface area (TPSA) is 96.3 Å². The summed E-state index contributed by atoms with van der Waals surface area (Å²) in [5.74, 6) is -0.987. The number of piperidine rings is 2. The fourth-order valence-corrected chi connectivity index (χ4v) is 4.32. The maximum atomic E-state index is 12.5. The van der Waals surface area contributed by atoms with Gasteiger partial charge in [-0.15, -0.1) is 0 Å². The third kappa shape index (κ3) is 2.41. The molecular formula is C16H25NO6. The smallest absolute Gasteiger partial charge is 0.410 e. The predicted octanol–water partition coefficient (Wildman–Crippen LogP) is 1.24. The lowest BCUT2D eigenvalue weighted by molar-refractivity contribution is -0.274. The maximum Gasteiger partial charge on any atom is 0.410 e. The number of hydrogen-bond donors (Lipinski definition) is 2. The second-order valence-corrected chi connectivity index (χ2v) is 8.10. The number of carbonyl (C=O) groups is 2. The van der Waals surface area contributed by atoms with E-state index in [4.69, 9.17) is 9.47 Å². The van der Waals surface area contributed by atoms with Crippen molar-refractivity contribution in [2.24, 2.45) is 11.3 Å². The molecule has 4 aliphatic rings. The Hall–Kier alpha value is -1.34. The second kappa shape index (κ2) is 5.08. The van der Waals surface area contributed by atoms with Crippen molar-refractivity contribution in [2.75, 3.05) is 19.8 Å². The van der Waals surface area contributed by atoms with Gasteiger partial charge in [0, 0.05) is 6.54 Å². The molecule has 7 heteroatoms.